The van der Waals surface area contributed by atoms with Gasteiger partial charge in [0.1, 0.15) is 30.2 Å². The van der Waals surface area contributed by atoms with E-state index in [0.29, 0.717) is 57.4 Å². The number of nitrogens with one attached hydrogen (secondary N) is 1. The predicted octanol–water partition coefficient (Wildman–Crippen LogP) is 3.33. The van der Waals surface area contributed by atoms with Gasteiger partial charge in [0.2, 0.25) is 6.79 Å². The number of likely N-dealkylation sites (N-methyl/N-ethyl adjacent to an activating group) is 1. The van der Waals surface area contributed by atoms with Crippen LogP contribution in [0.1, 0.15) is 73.9 Å². The number of rotatable bonds is 4. The Morgan fingerprint density at radius 2 is 1.88 bits per heavy atom. The summed E-state index contributed by atoms with van der Waals surface area (Å²) in [6, 6.07) is 2.11. The molecule has 1 aromatic heterocycles. The van der Waals surface area contributed by atoms with Gasteiger partial charge in [-0.25, -0.2) is 4.79 Å². The van der Waals surface area contributed by atoms with Crippen LogP contribution in [-0.4, -0.2) is 95.4 Å². The molecule has 3 aromatic rings. The molecule has 9 rings (SSSR count). The average molecular weight is 732 g/mol. The van der Waals surface area contributed by atoms with Gasteiger partial charge in [0.25, 0.3) is 5.91 Å². The molecule has 0 aliphatic carbocycles. The van der Waals surface area contributed by atoms with Gasteiger partial charge in [-0.1, -0.05) is 11.2 Å². The van der Waals surface area contributed by atoms with E-state index in [2.05, 4.69) is 26.3 Å². The lowest BCUT2D eigenvalue weighted by molar-refractivity contribution is -0.151. The fraction of sp³-hybridized carbons (Fsp3) is 0.472. The largest absolute Gasteiger partial charge is 0.504 e. The predicted molar refractivity (Wildman–Crippen MR) is 182 cm³/mol. The topological polar surface area (TPSA) is 186 Å². The SMILES string of the molecule is COc1c(C)cc2c(c1O)[C@@H]1[C@@H]3[C@@H]4SC[C@H](NC(=O)c5cc(C)on5)C(=O)OC[C@@H](c5c6c(c(C)c(OC(C)=O)c54)OCO6)N3[C@@H](C#N)[C@H](C2)N1C. The number of nitrogens with zero attached hydrogens (tertiary/aromatic N) is 4. The second-order valence-corrected chi connectivity index (χ2v) is 14.9. The number of carbonyl (C=O) groups is 3. The van der Waals surface area contributed by atoms with Crippen LogP contribution in [0.25, 0.3) is 0 Å². The van der Waals surface area contributed by atoms with E-state index >= 15 is 0 Å². The van der Waals surface area contributed by atoms with Gasteiger partial charge >= 0.3 is 11.9 Å². The van der Waals surface area contributed by atoms with Gasteiger partial charge in [-0.05, 0) is 45.4 Å². The Hall–Kier alpha value is -4.98. The van der Waals surface area contributed by atoms with Crippen molar-refractivity contribution in [1.82, 2.24) is 20.3 Å². The molecule has 52 heavy (non-hydrogen) atoms. The van der Waals surface area contributed by atoms with E-state index in [0.717, 1.165) is 11.1 Å². The quantitative estimate of drug-likeness (QED) is 0.294. The van der Waals surface area contributed by atoms with Crippen molar-refractivity contribution < 1.29 is 47.7 Å². The van der Waals surface area contributed by atoms with Crippen molar-refractivity contribution in [3.05, 3.63) is 57.0 Å². The van der Waals surface area contributed by atoms with Crippen LogP contribution in [0.4, 0.5) is 0 Å². The van der Waals surface area contributed by atoms with Gasteiger partial charge in [0.15, 0.2) is 28.7 Å². The number of piperazine rings is 1. The zero-order valence-corrected chi connectivity index (χ0v) is 30.2. The molecule has 6 aliphatic rings. The van der Waals surface area contributed by atoms with Gasteiger partial charge in [0, 0.05) is 53.1 Å². The maximum absolute atomic E-state index is 13.8. The zero-order valence-electron chi connectivity index (χ0n) is 29.3. The number of aromatic nitrogens is 1. The number of nitriles is 1. The van der Waals surface area contributed by atoms with Crippen molar-refractivity contribution in [2.24, 2.45) is 0 Å². The molecule has 1 amide bonds. The Morgan fingerprint density at radius 3 is 2.58 bits per heavy atom. The molecule has 2 aromatic carbocycles. The first kappa shape index (κ1) is 34.1. The van der Waals surface area contributed by atoms with Crippen LogP contribution in [0.2, 0.25) is 0 Å². The molecule has 6 aliphatic heterocycles. The van der Waals surface area contributed by atoms with E-state index in [9.17, 15) is 24.8 Å². The van der Waals surface area contributed by atoms with E-state index < -0.39 is 53.3 Å². The van der Waals surface area contributed by atoms with Crippen LogP contribution in [0.15, 0.2) is 16.7 Å². The van der Waals surface area contributed by atoms with Crippen LogP contribution in [0.5, 0.6) is 28.7 Å². The monoisotopic (exact) mass is 731 g/mol. The summed E-state index contributed by atoms with van der Waals surface area (Å²) >= 11 is 1.35. The highest BCUT2D eigenvalue weighted by atomic mass is 32.2. The molecular formula is C36H37N5O10S. The van der Waals surface area contributed by atoms with Crippen molar-refractivity contribution in [3.8, 4) is 34.8 Å². The number of fused-ring (bicyclic) bond motifs is 10. The molecule has 7 atom stereocenters. The molecule has 2 fully saturated rings. The number of phenolic OH excluding ortho intramolecular Hbond substituents is 1. The number of esters is 2. The van der Waals surface area contributed by atoms with Crippen molar-refractivity contribution >= 4 is 29.6 Å². The molecule has 2 saturated heterocycles. The number of benzene rings is 2. The third kappa shape index (κ3) is 5.01. The summed E-state index contributed by atoms with van der Waals surface area (Å²) in [6.07, 6.45) is 0.472. The van der Waals surface area contributed by atoms with Gasteiger partial charge in [-0.2, -0.15) is 5.26 Å². The Balaban J connectivity index is 1.36. The number of thioether (sulfide) groups is 1. The second-order valence-electron chi connectivity index (χ2n) is 13.7. The molecule has 4 bridgehead atoms. The molecule has 16 heteroatoms. The Kier molecular flexibility index (Phi) is 8.27. The summed E-state index contributed by atoms with van der Waals surface area (Å²) in [5.41, 5.74) is 4.16. The third-order valence-electron chi connectivity index (χ3n) is 10.8. The van der Waals surface area contributed by atoms with Gasteiger partial charge in [-0.3, -0.25) is 19.4 Å². The molecular weight excluding hydrogens is 694 g/mol. The minimum absolute atomic E-state index is 0.0151. The second kappa shape index (κ2) is 12.6. The lowest BCUT2D eigenvalue weighted by Crippen LogP contribution is -2.69. The highest BCUT2D eigenvalue weighted by molar-refractivity contribution is 7.99. The summed E-state index contributed by atoms with van der Waals surface area (Å²) < 4.78 is 34.9. The molecule has 0 spiro atoms. The van der Waals surface area contributed by atoms with Gasteiger partial charge in [-0.15, -0.1) is 11.8 Å². The number of hydrogen-bond acceptors (Lipinski definition) is 15. The standard InChI is InChI=1S/C36H37N5O10S/c1-14-7-18-9-21-22(10-37)41-23-11-47-36(45)20(38-35(44)19-8-15(2)51-39-19)12-52-34(28(41)27(40(21)5)24(18)29(43)30(14)46-6)26-25(23)33-32(48-13-49-33)16(3)31(26)50-17(4)42/h7-8,20-23,27-28,34,43H,9,11-13H2,1-6H3,(H,38,44)/t20-,21-,22-,23-,27+,28+,34+/m0/s1. The summed E-state index contributed by atoms with van der Waals surface area (Å²) in [4.78, 5) is 44.0. The molecule has 2 N–H and O–H groups in total. The fourth-order valence-electron chi connectivity index (χ4n) is 8.77. The van der Waals surface area contributed by atoms with E-state index in [1.54, 1.807) is 13.8 Å². The van der Waals surface area contributed by atoms with Crippen molar-refractivity contribution in [2.45, 2.75) is 75.6 Å². The normalized spacial score (nSPS) is 27.4. The Labute approximate surface area is 303 Å². The molecule has 7 heterocycles. The molecule has 0 radical (unpaired) electrons. The van der Waals surface area contributed by atoms with Crippen LogP contribution in [0.3, 0.4) is 0 Å². The number of aromatic hydroxyl groups is 1. The Morgan fingerprint density at radius 1 is 1.12 bits per heavy atom. The number of carbonyl (C=O) groups excluding carboxylic acids is 3. The number of methoxy groups -OCH3 is 1. The summed E-state index contributed by atoms with van der Waals surface area (Å²) in [6.45, 7) is 6.33. The maximum Gasteiger partial charge on any atom is 0.329 e. The molecule has 0 unspecified atom stereocenters. The number of amides is 1. The van der Waals surface area contributed by atoms with Gasteiger partial charge < -0.3 is 38.6 Å². The summed E-state index contributed by atoms with van der Waals surface area (Å²) in [5, 5.41) is 28.8. The Bertz CT molecular complexity index is 2080. The molecule has 0 saturated carbocycles. The van der Waals surface area contributed by atoms with Crippen molar-refractivity contribution in [1.29, 1.82) is 5.26 Å². The highest BCUT2D eigenvalue weighted by Gasteiger charge is 2.60. The van der Waals surface area contributed by atoms with E-state index in [-0.39, 0.29) is 36.6 Å². The average Bonchev–Trinajstić information content (AvgIpc) is 3.77. The van der Waals surface area contributed by atoms with E-state index in [1.807, 2.05) is 20.0 Å². The first-order chi connectivity index (χ1) is 24.9. The number of hydrogen-bond donors (Lipinski definition) is 2. The minimum atomic E-state index is -1.10. The molecule has 272 valence electrons. The number of aryl methyl sites for hydroxylation is 2. The lowest BCUT2D eigenvalue weighted by atomic mass is 9.71. The first-order valence-electron chi connectivity index (χ1n) is 16.9. The minimum Gasteiger partial charge on any atom is -0.504 e. The number of ether oxygens (including phenoxy) is 5. The van der Waals surface area contributed by atoms with Crippen molar-refractivity contribution in [2.75, 3.05) is 33.3 Å². The summed E-state index contributed by atoms with van der Waals surface area (Å²) in [5.74, 6) is 0.145. The van der Waals surface area contributed by atoms with Crippen LogP contribution >= 0.6 is 11.8 Å². The highest BCUT2D eigenvalue weighted by Crippen LogP contribution is 2.64. The molecule has 15 nitrogen and oxygen atoms in total. The van der Waals surface area contributed by atoms with Gasteiger partial charge in [0.05, 0.1) is 30.5 Å². The summed E-state index contributed by atoms with van der Waals surface area (Å²) in [7, 11) is 3.46. The third-order valence-corrected chi connectivity index (χ3v) is 12.2. The van der Waals surface area contributed by atoms with Crippen molar-refractivity contribution in [3.63, 3.8) is 0 Å². The van der Waals surface area contributed by atoms with Crippen LogP contribution < -0.4 is 24.3 Å². The lowest BCUT2D eigenvalue weighted by Gasteiger charge is -2.61. The zero-order chi connectivity index (χ0) is 36.7. The maximum atomic E-state index is 13.8. The van der Waals surface area contributed by atoms with Crippen LogP contribution in [0, 0.1) is 32.1 Å². The number of phenols is 1. The van der Waals surface area contributed by atoms with E-state index in [1.165, 1.54) is 31.9 Å². The first-order valence-corrected chi connectivity index (χ1v) is 17.9. The smallest absolute Gasteiger partial charge is 0.329 e. The van der Waals surface area contributed by atoms with Crippen LogP contribution in [-0.2, 0) is 20.7 Å². The van der Waals surface area contributed by atoms with E-state index in [4.69, 9.17) is 28.2 Å². The fourth-order valence-corrected chi connectivity index (χ4v) is 10.3.